The predicted octanol–water partition coefficient (Wildman–Crippen LogP) is 7.36. The van der Waals surface area contributed by atoms with Crippen LogP contribution < -0.4 is 11.1 Å². The van der Waals surface area contributed by atoms with E-state index in [1.54, 1.807) is 22.1 Å². The first-order valence-corrected chi connectivity index (χ1v) is 16.1. The summed E-state index contributed by atoms with van der Waals surface area (Å²) in [5.41, 5.74) is 8.35. The molecule has 5 rings (SSSR count). The Morgan fingerprint density at radius 1 is 0.787 bits per heavy atom. The molecule has 2 atom stereocenters. The van der Waals surface area contributed by atoms with Crippen molar-refractivity contribution in [1.29, 1.82) is 0 Å². The zero-order chi connectivity index (χ0) is 34.2. The number of hydrogen-bond acceptors (Lipinski definition) is 9. The van der Waals surface area contributed by atoms with E-state index in [9.17, 15) is 9.59 Å². The molecule has 2 saturated heterocycles. The molecule has 0 radical (unpaired) electrons. The van der Waals surface area contributed by atoms with Crippen LogP contribution in [0.1, 0.15) is 64.9 Å². The third-order valence-corrected chi connectivity index (χ3v) is 7.25. The Labute approximate surface area is 282 Å². The molecule has 3 heterocycles. The zero-order valence-electron chi connectivity index (χ0n) is 28.0. The Balaban J connectivity index is 0.000000223. The van der Waals surface area contributed by atoms with Gasteiger partial charge in [-0.3, -0.25) is 0 Å². The number of ether oxygens (including phenoxy) is 4. The van der Waals surface area contributed by atoms with Gasteiger partial charge >= 0.3 is 12.2 Å². The van der Waals surface area contributed by atoms with Gasteiger partial charge in [0, 0.05) is 30.7 Å². The van der Waals surface area contributed by atoms with Crippen molar-refractivity contribution in [2.45, 2.75) is 65.0 Å². The summed E-state index contributed by atoms with van der Waals surface area (Å²) in [7, 11) is 0. The van der Waals surface area contributed by atoms with Gasteiger partial charge < -0.3 is 39.8 Å². The normalized spacial score (nSPS) is 18.4. The highest BCUT2D eigenvalue weighted by Gasteiger charge is 2.30. The number of amides is 2. The highest BCUT2D eigenvalue weighted by molar-refractivity contribution is 6.30. The number of pyridine rings is 1. The maximum absolute atomic E-state index is 12.3. The van der Waals surface area contributed by atoms with Crippen LogP contribution in [0.4, 0.5) is 26.8 Å². The van der Waals surface area contributed by atoms with Gasteiger partial charge in [0.25, 0.3) is 0 Å². The van der Waals surface area contributed by atoms with Crippen molar-refractivity contribution in [3.63, 3.8) is 0 Å². The van der Waals surface area contributed by atoms with Gasteiger partial charge in [0.2, 0.25) is 0 Å². The summed E-state index contributed by atoms with van der Waals surface area (Å²) >= 11 is 5.85. The van der Waals surface area contributed by atoms with Gasteiger partial charge in [-0.05, 0) is 89.1 Å². The molecule has 2 aromatic carbocycles. The standard InChI is InChI=1S/C20H24ClN3O3.C15H22N2O3/c1-20(2,3)27-19(25)24-10-11-26-17(13-24)14-4-7-16(8-5-14)23-18-9-6-15(21)12-22-18;1-15(2,3)20-14(18)17-8-9-19-13(10-17)11-4-6-12(16)7-5-11/h4-9,12,17H,10-11,13H2,1-3H3,(H,22,23);4-7,13H,8-10,16H2,1-3H3. The number of hydrogen-bond donors (Lipinski definition) is 2. The van der Waals surface area contributed by atoms with Crippen LogP contribution in [0, 0.1) is 0 Å². The van der Waals surface area contributed by atoms with Crippen molar-refractivity contribution in [3.05, 3.63) is 83.0 Å². The maximum atomic E-state index is 12.3. The molecule has 254 valence electrons. The van der Waals surface area contributed by atoms with Gasteiger partial charge in [-0.2, -0.15) is 0 Å². The van der Waals surface area contributed by atoms with Crippen molar-refractivity contribution >= 4 is 41.0 Å². The molecule has 2 amide bonds. The third kappa shape index (κ3) is 11.6. The lowest BCUT2D eigenvalue weighted by atomic mass is 10.1. The summed E-state index contributed by atoms with van der Waals surface area (Å²) in [5, 5.41) is 3.82. The van der Waals surface area contributed by atoms with Crippen molar-refractivity contribution in [2.75, 3.05) is 50.4 Å². The lowest BCUT2D eigenvalue weighted by Gasteiger charge is -2.34. The average Bonchev–Trinajstić information content (AvgIpc) is 3.02. The third-order valence-electron chi connectivity index (χ3n) is 7.03. The lowest BCUT2D eigenvalue weighted by Crippen LogP contribution is -2.44. The highest BCUT2D eigenvalue weighted by Crippen LogP contribution is 2.27. The fourth-order valence-electron chi connectivity index (χ4n) is 4.78. The summed E-state index contributed by atoms with van der Waals surface area (Å²) in [6, 6.07) is 19.0. The number of aromatic nitrogens is 1. The Kier molecular flexibility index (Phi) is 11.9. The number of halogens is 1. The molecule has 0 aliphatic carbocycles. The van der Waals surface area contributed by atoms with Crippen LogP contribution in [-0.4, -0.2) is 77.6 Å². The number of rotatable bonds is 4. The number of benzene rings is 2. The van der Waals surface area contributed by atoms with E-state index in [1.807, 2.05) is 96.1 Å². The first kappa shape index (κ1) is 35.8. The number of nitrogen functional groups attached to an aromatic ring is 1. The molecule has 11 nitrogen and oxygen atoms in total. The Bertz CT molecular complexity index is 1460. The number of carbonyl (C=O) groups is 2. The molecule has 3 aromatic rings. The zero-order valence-corrected chi connectivity index (χ0v) is 28.8. The second-order valence-corrected chi connectivity index (χ2v) is 13.8. The Morgan fingerprint density at radius 2 is 1.26 bits per heavy atom. The molecule has 12 heteroatoms. The molecule has 2 unspecified atom stereocenters. The molecule has 2 aliphatic heterocycles. The van der Waals surface area contributed by atoms with Crippen LogP contribution in [0.5, 0.6) is 0 Å². The van der Waals surface area contributed by atoms with E-state index in [0.717, 1.165) is 22.6 Å². The predicted molar refractivity (Wildman–Crippen MR) is 183 cm³/mol. The number of anilines is 3. The molecule has 0 spiro atoms. The molecule has 0 bridgehead atoms. The number of nitrogens with one attached hydrogen (secondary N) is 1. The van der Waals surface area contributed by atoms with Crippen LogP contribution in [0.2, 0.25) is 5.02 Å². The maximum Gasteiger partial charge on any atom is 0.410 e. The Hall–Kier alpha value is -4.06. The van der Waals surface area contributed by atoms with E-state index in [2.05, 4.69) is 10.3 Å². The lowest BCUT2D eigenvalue weighted by molar-refractivity contribution is -0.0434. The van der Waals surface area contributed by atoms with E-state index >= 15 is 0 Å². The molecular formula is C35H46ClN5O6. The van der Waals surface area contributed by atoms with E-state index in [1.165, 1.54) is 0 Å². The van der Waals surface area contributed by atoms with E-state index in [0.29, 0.717) is 50.1 Å². The summed E-state index contributed by atoms with van der Waals surface area (Å²) in [4.78, 5) is 32.0. The number of nitrogens with two attached hydrogens (primary N) is 1. The number of carbonyl (C=O) groups excluding carboxylic acids is 2. The first-order valence-electron chi connectivity index (χ1n) is 15.7. The van der Waals surface area contributed by atoms with Crippen LogP contribution in [0.15, 0.2) is 66.9 Å². The smallest absolute Gasteiger partial charge is 0.410 e. The molecular weight excluding hydrogens is 622 g/mol. The minimum Gasteiger partial charge on any atom is -0.444 e. The fourth-order valence-corrected chi connectivity index (χ4v) is 4.89. The molecule has 47 heavy (non-hydrogen) atoms. The van der Waals surface area contributed by atoms with E-state index in [-0.39, 0.29) is 24.4 Å². The minimum atomic E-state index is -0.506. The molecule has 0 saturated carbocycles. The van der Waals surface area contributed by atoms with Gasteiger partial charge in [-0.1, -0.05) is 35.9 Å². The topological polar surface area (TPSA) is 128 Å². The second-order valence-electron chi connectivity index (χ2n) is 13.3. The van der Waals surface area contributed by atoms with Gasteiger partial charge in [0.05, 0.1) is 31.3 Å². The first-order chi connectivity index (χ1) is 22.1. The average molecular weight is 668 g/mol. The van der Waals surface area contributed by atoms with Crippen LogP contribution in [-0.2, 0) is 18.9 Å². The fraction of sp³-hybridized carbons (Fsp3) is 0.457. The molecule has 2 aliphatic rings. The van der Waals surface area contributed by atoms with Crippen molar-refractivity contribution in [2.24, 2.45) is 0 Å². The van der Waals surface area contributed by atoms with Crippen LogP contribution >= 0.6 is 11.6 Å². The molecule has 3 N–H and O–H groups in total. The summed E-state index contributed by atoms with van der Waals surface area (Å²) in [5.74, 6) is 0.720. The van der Waals surface area contributed by atoms with Gasteiger partial charge in [-0.15, -0.1) is 0 Å². The van der Waals surface area contributed by atoms with Gasteiger partial charge in [-0.25, -0.2) is 14.6 Å². The van der Waals surface area contributed by atoms with Crippen molar-refractivity contribution < 1.29 is 28.5 Å². The van der Waals surface area contributed by atoms with Gasteiger partial charge in [0.1, 0.15) is 29.2 Å². The van der Waals surface area contributed by atoms with Crippen molar-refractivity contribution in [3.8, 4) is 0 Å². The minimum absolute atomic E-state index is 0.128. The SMILES string of the molecule is CC(C)(C)OC(=O)N1CCOC(c2ccc(N)cc2)C1.CC(C)(C)OC(=O)N1CCOC(c2ccc(Nc3ccc(Cl)cn3)cc2)C1. The number of nitrogens with zero attached hydrogens (tertiary/aromatic N) is 3. The van der Waals surface area contributed by atoms with Crippen molar-refractivity contribution in [1.82, 2.24) is 14.8 Å². The molecule has 2 fully saturated rings. The van der Waals surface area contributed by atoms with Gasteiger partial charge in [0.15, 0.2) is 0 Å². The molecule has 1 aromatic heterocycles. The van der Waals surface area contributed by atoms with E-state index in [4.69, 9.17) is 36.3 Å². The number of morpholine rings is 2. The van der Waals surface area contributed by atoms with Crippen LogP contribution in [0.3, 0.4) is 0 Å². The second kappa shape index (κ2) is 15.7. The Morgan fingerprint density at radius 3 is 1.68 bits per heavy atom. The monoisotopic (exact) mass is 667 g/mol. The largest absolute Gasteiger partial charge is 0.444 e. The summed E-state index contributed by atoms with van der Waals surface area (Å²) in [6.07, 6.45) is 0.703. The summed E-state index contributed by atoms with van der Waals surface area (Å²) in [6.45, 7) is 14.2. The van der Waals surface area contributed by atoms with E-state index < -0.39 is 11.2 Å². The summed E-state index contributed by atoms with van der Waals surface area (Å²) < 4.78 is 22.4. The quantitative estimate of drug-likeness (QED) is 0.274. The van der Waals surface area contributed by atoms with Crippen LogP contribution in [0.25, 0.3) is 0 Å². The highest BCUT2D eigenvalue weighted by atomic mass is 35.5.